The number of hydrogen-bond donors (Lipinski definition) is 1. The van der Waals surface area contributed by atoms with E-state index in [0.717, 1.165) is 18.5 Å². The summed E-state index contributed by atoms with van der Waals surface area (Å²) in [5, 5.41) is 14.0. The maximum absolute atomic E-state index is 10.6. The second kappa shape index (κ2) is 3.22. The molecule has 15 heavy (non-hydrogen) atoms. The number of anilines is 1. The lowest BCUT2D eigenvalue weighted by molar-refractivity contribution is -0.384. The van der Waals surface area contributed by atoms with E-state index in [2.05, 4.69) is 19.2 Å². The first-order valence-corrected chi connectivity index (χ1v) is 5.03. The number of non-ortho nitro benzene ring substituents is 1. The van der Waals surface area contributed by atoms with Gasteiger partial charge in [-0.2, -0.15) is 0 Å². The molecule has 0 saturated heterocycles. The van der Waals surface area contributed by atoms with Crippen LogP contribution in [0.2, 0.25) is 0 Å². The van der Waals surface area contributed by atoms with Crippen LogP contribution in [-0.4, -0.2) is 10.5 Å². The molecule has 80 valence electrons. The number of rotatable bonds is 1. The van der Waals surface area contributed by atoms with Gasteiger partial charge in [0.2, 0.25) is 0 Å². The summed E-state index contributed by atoms with van der Waals surface area (Å²) < 4.78 is 0. The van der Waals surface area contributed by atoms with Crippen LogP contribution in [0.5, 0.6) is 0 Å². The van der Waals surface area contributed by atoms with Crippen LogP contribution in [0.3, 0.4) is 0 Å². The highest BCUT2D eigenvalue weighted by molar-refractivity contribution is 5.60. The average Bonchev–Trinajstić information content (AvgIpc) is 2.15. The molecule has 1 aliphatic heterocycles. The quantitative estimate of drug-likeness (QED) is 0.567. The van der Waals surface area contributed by atoms with E-state index in [4.69, 9.17) is 0 Å². The molecule has 2 rings (SSSR count). The van der Waals surface area contributed by atoms with Crippen LogP contribution in [0.15, 0.2) is 18.2 Å². The fourth-order valence-electron chi connectivity index (χ4n) is 1.89. The van der Waals surface area contributed by atoms with Gasteiger partial charge in [-0.25, -0.2) is 0 Å². The molecule has 0 aliphatic carbocycles. The van der Waals surface area contributed by atoms with Crippen molar-refractivity contribution in [1.82, 2.24) is 0 Å². The zero-order chi connectivity index (χ0) is 11.1. The number of hydrogen-bond acceptors (Lipinski definition) is 3. The Morgan fingerprint density at radius 3 is 2.87 bits per heavy atom. The van der Waals surface area contributed by atoms with Gasteiger partial charge < -0.3 is 5.32 Å². The van der Waals surface area contributed by atoms with Crippen molar-refractivity contribution >= 4 is 11.4 Å². The molecule has 1 heterocycles. The first kappa shape index (κ1) is 9.96. The highest BCUT2D eigenvalue weighted by atomic mass is 16.6. The summed E-state index contributed by atoms with van der Waals surface area (Å²) in [4.78, 5) is 10.3. The molecular weight excluding hydrogens is 192 g/mol. The Hall–Kier alpha value is -1.58. The van der Waals surface area contributed by atoms with Gasteiger partial charge in [0.25, 0.3) is 5.69 Å². The maximum Gasteiger partial charge on any atom is 0.271 e. The molecule has 0 spiro atoms. The minimum absolute atomic E-state index is 0.0300. The van der Waals surface area contributed by atoms with Crippen LogP contribution in [0.1, 0.15) is 25.8 Å². The Kier molecular flexibility index (Phi) is 2.14. The van der Waals surface area contributed by atoms with Gasteiger partial charge >= 0.3 is 0 Å². The molecule has 0 unspecified atom stereocenters. The monoisotopic (exact) mass is 206 g/mol. The fourth-order valence-corrected chi connectivity index (χ4v) is 1.89. The van der Waals surface area contributed by atoms with Crippen molar-refractivity contribution in [3.8, 4) is 0 Å². The topological polar surface area (TPSA) is 55.2 Å². The third-order valence-corrected chi connectivity index (χ3v) is 2.80. The summed E-state index contributed by atoms with van der Waals surface area (Å²) in [5.74, 6) is 0. The molecule has 1 N–H and O–H groups in total. The van der Waals surface area contributed by atoms with Gasteiger partial charge in [-0.3, -0.25) is 10.1 Å². The van der Waals surface area contributed by atoms with Gasteiger partial charge in [-0.05, 0) is 32.3 Å². The Morgan fingerprint density at radius 2 is 2.20 bits per heavy atom. The predicted octanol–water partition coefficient (Wildman–Crippen LogP) is 2.73. The van der Waals surface area contributed by atoms with Crippen LogP contribution >= 0.6 is 0 Å². The van der Waals surface area contributed by atoms with Crippen molar-refractivity contribution in [3.63, 3.8) is 0 Å². The Morgan fingerprint density at radius 1 is 1.47 bits per heavy atom. The Bertz CT molecular complexity index is 413. The summed E-state index contributed by atoms with van der Waals surface area (Å²) in [7, 11) is 0. The number of nitrogens with zero attached hydrogens (tertiary/aromatic N) is 1. The van der Waals surface area contributed by atoms with Crippen molar-refractivity contribution in [2.45, 2.75) is 32.2 Å². The van der Waals surface area contributed by atoms with Crippen molar-refractivity contribution < 1.29 is 4.92 Å². The molecular formula is C11H14N2O2. The van der Waals surface area contributed by atoms with Crippen molar-refractivity contribution in [2.24, 2.45) is 0 Å². The van der Waals surface area contributed by atoms with Crippen LogP contribution in [0.4, 0.5) is 11.4 Å². The number of nitrogens with one attached hydrogen (secondary N) is 1. The molecule has 4 nitrogen and oxygen atoms in total. The molecule has 0 atom stereocenters. The van der Waals surface area contributed by atoms with Crippen LogP contribution in [-0.2, 0) is 6.42 Å². The summed E-state index contributed by atoms with van der Waals surface area (Å²) >= 11 is 0. The number of benzene rings is 1. The first-order valence-electron chi connectivity index (χ1n) is 5.03. The van der Waals surface area contributed by atoms with E-state index in [1.807, 2.05) is 6.07 Å². The first-order chi connectivity index (χ1) is 6.98. The molecule has 0 amide bonds. The minimum atomic E-state index is -0.358. The van der Waals surface area contributed by atoms with E-state index < -0.39 is 0 Å². The van der Waals surface area contributed by atoms with Crippen LogP contribution in [0.25, 0.3) is 0 Å². The summed E-state index contributed by atoms with van der Waals surface area (Å²) in [6.07, 6.45) is 2.03. The summed E-state index contributed by atoms with van der Waals surface area (Å²) in [6.45, 7) is 4.21. The van der Waals surface area contributed by atoms with Crippen LogP contribution < -0.4 is 5.32 Å². The van der Waals surface area contributed by atoms with Gasteiger partial charge in [0, 0.05) is 23.4 Å². The van der Waals surface area contributed by atoms with Crippen molar-refractivity contribution in [3.05, 3.63) is 33.9 Å². The van der Waals surface area contributed by atoms with Crippen molar-refractivity contribution in [2.75, 3.05) is 5.32 Å². The number of nitro groups is 1. The maximum atomic E-state index is 10.6. The second-order valence-electron chi connectivity index (χ2n) is 4.61. The number of nitro benzene ring substituents is 1. The number of aryl methyl sites for hydroxylation is 1. The van der Waals surface area contributed by atoms with Gasteiger partial charge in [-0.1, -0.05) is 6.07 Å². The fraction of sp³-hybridized carbons (Fsp3) is 0.455. The highest BCUT2D eigenvalue weighted by Gasteiger charge is 2.25. The van der Waals surface area contributed by atoms with E-state index in [-0.39, 0.29) is 16.1 Å². The van der Waals surface area contributed by atoms with E-state index in [1.165, 1.54) is 5.56 Å². The third-order valence-electron chi connectivity index (χ3n) is 2.80. The normalized spacial score (nSPS) is 17.7. The summed E-state index contributed by atoms with van der Waals surface area (Å²) in [6, 6.07) is 5.03. The van der Waals surface area contributed by atoms with Gasteiger partial charge in [0.1, 0.15) is 0 Å². The molecule has 0 radical (unpaired) electrons. The standard InChI is InChI=1S/C11H14N2O2/c1-11(2)6-5-8-3-4-9(13(14)15)7-10(8)12-11/h3-4,7,12H,5-6H2,1-2H3. The highest BCUT2D eigenvalue weighted by Crippen LogP contribution is 2.32. The van der Waals surface area contributed by atoms with E-state index in [0.29, 0.717) is 0 Å². The van der Waals surface area contributed by atoms with E-state index in [9.17, 15) is 10.1 Å². The Balaban J connectivity index is 2.39. The molecule has 0 fully saturated rings. The Labute approximate surface area is 88.5 Å². The molecule has 1 aromatic carbocycles. The smallest absolute Gasteiger partial charge is 0.271 e. The number of fused-ring (bicyclic) bond motifs is 1. The third kappa shape index (κ3) is 1.93. The predicted molar refractivity (Wildman–Crippen MR) is 59.1 cm³/mol. The second-order valence-corrected chi connectivity index (χ2v) is 4.61. The molecule has 0 bridgehead atoms. The van der Waals surface area contributed by atoms with Gasteiger partial charge in [0.15, 0.2) is 0 Å². The lowest BCUT2D eigenvalue weighted by Crippen LogP contribution is -2.35. The van der Waals surface area contributed by atoms with Gasteiger partial charge in [0.05, 0.1) is 4.92 Å². The lowest BCUT2D eigenvalue weighted by atomic mass is 9.89. The molecule has 4 heteroatoms. The zero-order valence-electron chi connectivity index (χ0n) is 8.91. The molecule has 1 aliphatic rings. The molecule has 0 aromatic heterocycles. The van der Waals surface area contributed by atoms with E-state index >= 15 is 0 Å². The minimum Gasteiger partial charge on any atom is -0.380 e. The van der Waals surface area contributed by atoms with Gasteiger partial charge in [-0.15, -0.1) is 0 Å². The summed E-state index contributed by atoms with van der Waals surface area (Å²) in [5.41, 5.74) is 2.25. The average molecular weight is 206 g/mol. The molecule has 1 aromatic rings. The van der Waals surface area contributed by atoms with Crippen LogP contribution in [0, 0.1) is 10.1 Å². The van der Waals surface area contributed by atoms with E-state index in [1.54, 1.807) is 12.1 Å². The lowest BCUT2D eigenvalue weighted by Gasteiger charge is -2.33. The van der Waals surface area contributed by atoms with Crippen molar-refractivity contribution in [1.29, 1.82) is 0 Å². The largest absolute Gasteiger partial charge is 0.380 e. The SMILES string of the molecule is CC1(C)CCc2ccc([N+](=O)[O-])cc2N1. The zero-order valence-corrected chi connectivity index (χ0v) is 8.91. The molecule has 0 saturated carbocycles.